The summed E-state index contributed by atoms with van der Waals surface area (Å²) in [7, 11) is 0. The van der Waals surface area contributed by atoms with Gasteiger partial charge in [-0.2, -0.15) is 0 Å². The standard InChI is InChI=1S/C10H14N2O4.C8H11NO2/c1-10(12-11,9(15)16)5-6-2-3-7(13)8(14)4-6;9-4-3-6-1-2-7(10)8(11)5-6/h2-4,12-14H,5,11H2,1H3,(H,15,16);1-2,5,10-11H,3-4,9H2/t10-;/m0./s1. The fraction of sp³-hybridized carbons (Fsp3) is 0.278. The van der Waals surface area contributed by atoms with Crippen molar-refractivity contribution in [3.8, 4) is 23.0 Å². The maximum Gasteiger partial charge on any atom is 0.325 e. The summed E-state index contributed by atoms with van der Waals surface area (Å²) >= 11 is 0. The number of aromatic hydroxyl groups is 4. The summed E-state index contributed by atoms with van der Waals surface area (Å²) < 4.78 is 0. The molecule has 9 nitrogen and oxygen atoms in total. The van der Waals surface area contributed by atoms with Crippen LogP contribution in [0.3, 0.4) is 0 Å². The lowest BCUT2D eigenvalue weighted by atomic mass is 9.93. The molecular weight excluding hydrogens is 354 g/mol. The summed E-state index contributed by atoms with van der Waals surface area (Å²) in [5, 5.41) is 45.3. The van der Waals surface area contributed by atoms with Crippen LogP contribution in [0.25, 0.3) is 0 Å². The van der Waals surface area contributed by atoms with Gasteiger partial charge in [0.25, 0.3) is 0 Å². The first-order valence-corrected chi connectivity index (χ1v) is 8.06. The number of aliphatic carboxylic acids is 1. The summed E-state index contributed by atoms with van der Waals surface area (Å²) in [6, 6.07) is 8.83. The van der Waals surface area contributed by atoms with E-state index in [0.717, 1.165) is 5.56 Å². The van der Waals surface area contributed by atoms with Crippen molar-refractivity contribution in [2.45, 2.75) is 25.3 Å². The van der Waals surface area contributed by atoms with Gasteiger partial charge in [0.1, 0.15) is 5.54 Å². The smallest absolute Gasteiger partial charge is 0.325 e. The van der Waals surface area contributed by atoms with Crippen LogP contribution in [0, 0.1) is 0 Å². The summed E-state index contributed by atoms with van der Waals surface area (Å²) in [6.07, 6.45) is 0.806. The number of nitrogens with one attached hydrogen (secondary N) is 1. The molecule has 10 N–H and O–H groups in total. The summed E-state index contributed by atoms with van der Waals surface area (Å²) in [4.78, 5) is 11.0. The topological polar surface area (TPSA) is 182 Å². The van der Waals surface area contributed by atoms with Crippen LogP contribution in [0.5, 0.6) is 23.0 Å². The van der Waals surface area contributed by atoms with Gasteiger partial charge < -0.3 is 31.3 Å². The number of hydrogen-bond donors (Lipinski definition) is 8. The van der Waals surface area contributed by atoms with Crippen LogP contribution in [-0.4, -0.2) is 43.6 Å². The molecule has 148 valence electrons. The first-order valence-electron chi connectivity index (χ1n) is 8.06. The van der Waals surface area contributed by atoms with Crippen LogP contribution in [-0.2, 0) is 17.6 Å². The second-order valence-corrected chi connectivity index (χ2v) is 6.14. The second kappa shape index (κ2) is 9.62. The Morgan fingerprint density at radius 2 is 1.44 bits per heavy atom. The molecule has 2 aromatic rings. The number of hydrogen-bond acceptors (Lipinski definition) is 8. The molecule has 0 spiro atoms. The fourth-order valence-electron chi connectivity index (χ4n) is 2.17. The van der Waals surface area contributed by atoms with Gasteiger partial charge in [0, 0.05) is 6.42 Å². The molecule has 0 aromatic heterocycles. The van der Waals surface area contributed by atoms with E-state index in [0.29, 0.717) is 18.5 Å². The summed E-state index contributed by atoms with van der Waals surface area (Å²) in [5.41, 5.74) is 7.69. The van der Waals surface area contributed by atoms with E-state index in [-0.39, 0.29) is 29.4 Å². The highest BCUT2D eigenvalue weighted by molar-refractivity contribution is 5.78. The van der Waals surface area contributed by atoms with E-state index in [9.17, 15) is 9.90 Å². The number of phenolic OH excluding ortho intramolecular Hbond substituents is 4. The first kappa shape index (κ1) is 22.0. The number of hydrazine groups is 1. The molecule has 27 heavy (non-hydrogen) atoms. The number of carboxylic acid groups (broad SMARTS) is 1. The van der Waals surface area contributed by atoms with Crippen LogP contribution in [0.15, 0.2) is 36.4 Å². The Hall–Kier alpha value is -3.01. The number of carbonyl (C=O) groups is 1. The molecule has 0 saturated carbocycles. The average molecular weight is 379 g/mol. The van der Waals surface area contributed by atoms with E-state index in [4.69, 9.17) is 32.0 Å². The van der Waals surface area contributed by atoms with Gasteiger partial charge in [0.15, 0.2) is 23.0 Å². The molecule has 0 amide bonds. The van der Waals surface area contributed by atoms with Crippen LogP contribution in [0.2, 0.25) is 0 Å². The zero-order valence-corrected chi connectivity index (χ0v) is 14.9. The third-order valence-corrected chi connectivity index (χ3v) is 3.86. The van der Waals surface area contributed by atoms with Gasteiger partial charge in [0.2, 0.25) is 0 Å². The number of rotatable bonds is 6. The molecule has 0 aliphatic heterocycles. The Kier molecular flexibility index (Phi) is 7.85. The van der Waals surface area contributed by atoms with E-state index in [2.05, 4.69) is 5.43 Å². The van der Waals surface area contributed by atoms with E-state index in [1.807, 2.05) is 0 Å². The minimum Gasteiger partial charge on any atom is -0.504 e. The van der Waals surface area contributed by atoms with Gasteiger partial charge in [-0.1, -0.05) is 12.1 Å². The molecule has 2 aromatic carbocycles. The third-order valence-electron chi connectivity index (χ3n) is 3.86. The van der Waals surface area contributed by atoms with Gasteiger partial charge >= 0.3 is 5.97 Å². The van der Waals surface area contributed by atoms with Crippen LogP contribution in [0.1, 0.15) is 18.1 Å². The van der Waals surface area contributed by atoms with Gasteiger partial charge in [-0.25, -0.2) is 5.43 Å². The van der Waals surface area contributed by atoms with Crippen molar-refractivity contribution in [3.05, 3.63) is 47.5 Å². The number of benzene rings is 2. The predicted molar refractivity (Wildman–Crippen MR) is 99.4 cm³/mol. The van der Waals surface area contributed by atoms with Crippen LogP contribution < -0.4 is 17.0 Å². The lowest BCUT2D eigenvalue weighted by Crippen LogP contribution is -2.54. The molecule has 1 atom stereocenters. The average Bonchev–Trinajstić information content (AvgIpc) is 2.62. The second-order valence-electron chi connectivity index (χ2n) is 6.14. The number of nitrogens with two attached hydrogens (primary N) is 2. The molecule has 0 saturated heterocycles. The Labute approximate surface area is 156 Å². The highest BCUT2D eigenvalue weighted by Gasteiger charge is 2.32. The number of carboxylic acids is 1. The summed E-state index contributed by atoms with van der Waals surface area (Å²) in [5.74, 6) is 3.37. The van der Waals surface area contributed by atoms with Crippen molar-refractivity contribution in [2.75, 3.05) is 6.54 Å². The molecule has 2 rings (SSSR count). The Morgan fingerprint density at radius 3 is 1.85 bits per heavy atom. The van der Waals surface area contributed by atoms with Crippen molar-refractivity contribution in [1.29, 1.82) is 0 Å². The fourth-order valence-corrected chi connectivity index (χ4v) is 2.17. The first-order chi connectivity index (χ1) is 12.6. The van der Waals surface area contributed by atoms with Gasteiger partial charge in [0.05, 0.1) is 0 Å². The van der Waals surface area contributed by atoms with Crippen molar-refractivity contribution < 1.29 is 30.3 Å². The van der Waals surface area contributed by atoms with E-state index in [1.165, 1.54) is 37.3 Å². The summed E-state index contributed by atoms with van der Waals surface area (Å²) in [6.45, 7) is 1.98. The largest absolute Gasteiger partial charge is 0.504 e. The van der Waals surface area contributed by atoms with Gasteiger partial charge in [-0.05, 0) is 55.3 Å². The molecule has 0 aliphatic rings. The monoisotopic (exact) mass is 379 g/mol. The highest BCUT2D eigenvalue weighted by atomic mass is 16.4. The molecule has 9 heteroatoms. The Bertz CT molecular complexity index is 784. The molecular formula is C18H25N3O6. The Morgan fingerprint density at radius 1 is 0.963 bits per heavy atom. The van der Waals surface area contributed by atoms with E-state index >= 15 is 0 Å². The third kappa shape index (κ3) is 6.33. The zero-order valence-electron chi connectivity index (χ0n) is 14.9. The normalized spacial score (nSPS) is 12.6. The molecule has 0 heterocycles. The van der Waals surface area contributed by atoms with Crippen molar-refractivity contribution in [2.24, 2.45) is 11.6 Å². The number of phenols is 4. The predicted octanol–water partition coefficient (Wildman–Crippen LogP) is 0.546. The van der Waals surface area contributed by atoms with E-state index < -0.39 is 11.5 Å². The van der Waals surface area contributed by atoms with Crippen molar-refractivity contribution in [1.82, 2.24) is 5.43 Å². The molecule has 0 aliphatic carbocycles. The molecule has 0 fully saturated rings. The minimum atomic E-state index is -1.32. The molecule has 0 unspecified atom stereocenters. The lowest BCUT2D eigenvalue weighted by Gasteiger charge is -2.23. The van der Waals surface area contributed by atoms with Crippen LogP contribution >= 0.6 is 0 Å². The quantitative estimate of drug-likeness (QED) is 0.202. The lowest BCUT2D eigenvalue weighted by molar-refractivity contribution is -0.144. The SMILES string of the molecule is C[C@@](Cc1ccc(O)c(O)c1)(NN)C(=O)O.NCCc1ccc(O)c(O)c1. The Balaban J connectivity index is 0.000000289. The molecule has 0 bridgehead atoms. The van der Waals surface area contributed by atoms with Gasteiger partial charge in [-0.3, -0.25) is 10.6 Å². The maximum atomic E-state index is 11.0. The highest BCUT2D eigenvalue weighted by Crippen LogP contribution is 2.27. The van der Waals surface area contributed by atoms with Gasteiger partial charge in [-0.15, -0.1) is 0 Å². The van der Waals surface area contributed by atoms with Crippen LogP contribution in [0.4, 0.5) is 0 Å². The minimum absolute atomic E-state index is 0.0871. The molecule has 0 radical (unpaired) electrons. The van der Waals surface area contributed by atoms with Crippen molar-refractivity contribution >= 4 is 5.97 Å². The zero-order chi connectivity index (χ0) is 20.6. The van der Waals surface area contributed by atoms with Crippen molar-refractivity contribution in [3.63, 3.8) is 0 Å². The maximum absolute atomic E-state index is 11.0. The van der Waals surface area contributed by atoms with E-state index in [1.54, 1.807) is 6.07 Å².